The summed E-state index contributed by atoms with van der Waals surface area (Å²) in [5.74, 6) is 0.436. The smallest absolute Gasteiger partial charge is 0.224 e. The molecule has 2 rings (SSSR count). The van der Waals surface area contributed by atoms with Crippen molar-refractivity contribution in [1.29, 1.82) is 0 Å². The third-order valence-electron chi connectivity index (χ3n) is 2.34. The van der Waals surface area contributed by atoms with E-state index in [1.807, 2.05) is 0 Å². The van der Waals surface area contributed by atoms with Crippen molar-refractivity contribution in [3.05, 3.63) is 0 Å². The van der Waals surface area contributed by atoms with Crippen LogP contribution < -0.4 is 10.6 Å². The molecule has 3 nitrogen and oxygen atoms in total. The van der Waals surface area contributed by atoms with Crippen LogP contribution in [0, 0.1) is 5.92 Å². The molecule has 1 N–H and O–H groups in total. The SMILES string of the molecule is O=C1NCCC2[N]CCC12. The summed E-state index contributed by atoms with van der Waals surface area (Å²) >= 11 is 0. The molecule has 0 aromatic rings. The Morgan fingerprint density at radius 3 is 3.20 bits per heavy atom. The summed E-state index contributed by atoms with van der Waals surface area (Å²) in [5.41, 5.74) is 0. The van der Waals surface area contributed by atoms with Crippen LogP contribution >= 0.6 is 0 Å². The minimum Gasteiger partial charge on any atom is -0.356 e. The van der Waals surface area contributed by atoms with Gasteiger partial charge in [0.2, 0.25) is 5.91 Å². The van der Waals surface area contributed by atoms with Gasteiger partial charge in [0.05, 0.1) is 5.92 Å². The molecule has 10 heavy (non-hydrogen) atoms. The van der Waals surface area contributed by atoms with Crippen molar-refractivity contribution >= 4 is 5.91 Å². The van der Waals surface area contributed by atoms with E-state index in [2.05, 4.69) is 10.6 Å². The Hall–Kier alpha value is -0.570. The van der Waals surface area contributed by atoms with Crippen LogP contribution in [-0.4, -0.2) is 25.0 Å². The Kier molecular flexibility index (Phi) is 1.38. The third kappa shape index (κ3) is 0.814. The molecule has 55 valence electrons. The molecule has 2 aliphatic heterocycles. The van der Waals surface area contributed by atoms with Crippen LogP contribution in [0.25, 0.3) is 0 Å². The molecule has 0 spiro atoms. The van der Waals surface area contributed by atoms with Crippen molar-refractivity contribution in [3.63, 3.8) is 0 Å². The number of nitrogens with one attached hydrogen (secondary N) is 1. The molecule has 2 heterocycles. The summed E-state index contributed by atoms with van der Waals surface area (Å²) in [7, 11) is 0. The van der Waals surface area contributed by atoms with Gasteiger partial charge in [-0.2, -0.15) is 0 Å². The van der Waals surface area contributed by atoms with Gasteiger partial charge >= 0.3 is 0 Å². The predicted octanol–water partition coefficient (Wildman–Crippen LogP) is -0.501. The van der Waals surface area contributed by atoms with Gasteiger partial charge in [0.15, 0.2) is 0 Å². The zero-order chi connectivity index (χ0) is 6.97. The minimum absolute atomic E-state index is 0.216. The van der Waals surface area contributed by atoms with Crippen LogP contribution in [0.4, 0.5) is 0 Å². The second-order valence-corrected chi connectivity index (χ2v) is 2.95. The van der Waals surface area contributed by atoms with E-state index in [1.165, 1.54) is 0 Å². The fraction of sp³-hybridized carbons (Fsp3) is 0.857. The van der Waals surface area contributed by atoms with Gasteiger partial charge < -0.3 is 5.32 Å². The van der Waals surface area contributed by atoms with Crippen LogP contribution in [0.5, 0.6) is 0 Å². The van der Waals surface area contributed by atoms with Crippen molar-refractivity contribution < 1.29 is 4.79 Å². The second-order valence-electron chi connectivity index (χ2n) is 2.95. The molecule has 3 heteroatoms. The average Bonchev–Trinajstić information content (AvgIpc) is 2.36. The van der Waals surface area contributed by atoms with Crippen molar-refractivity contribution in [3.8, 4) is 0 Å². The molecule has 2 atom stereocenters. The van der Waals surface area contributed by atoms with Gasteiger partial charge in [0.25, 0.3) is 0 Å². The lowest BCUT2D eigenvalue weighted by Gasteiger charge is -2.23. The fourth-order valence-corrected chi connectivity index (χ4v) is 1.77. The zero-order valence-corrected chi connectivity index (χ0v) is 5.84. The predicted molar refractivity (Wildman–Crippen MR) is 36.5 cm³/mol. The van der Waals surface area contributed by atoms with Gasteiger partial charge in [-0.3, -0.25) is 4.79 Å². The molecule has 0 aliphatic carbocycles. The number of fused-ring (bicyclic) bond motifs is 1. The van der Waals surface area contributed by atoms with E-state index in [-0.39, 0.29) is 11.8 Å². The van der Waals surface area contributed by atoms with Gasteiger partial charge in [-0.25, -0.2) is 5.32 Å². The standard InChI is InChI=1S/C7H11N2O/c10-7-5-1-3-8-6(5)2-4-9-7/h5-6H,1-4H2,(H,9,10). The van der Waals surface area contributed by atoms with E-state index in [4.69, 9.17) is 0 Å². The average molecular weight is 139 g/mol. The minimum atomic E-state index is 0.216. The first-order valence-electron chi connectivity index (χ1n) is 3.82. The highest BCUT2D eigenvalue weighted by Crippen LogP contribution is 2.22. The van der Waals surface area contributed by atoms with E-state index >= 15 is 0 Å². The maximum Gasteiger partial charge on any atom is 0.224 e. The highest BCUT2D eigenvalue weighted by Gasteiger charge is 2.35. The highest BCUT2D eigenvalue weighted by atomic mass is 16.2. The Labute approximate surface area is 60.2 Å². The van der Waals surface area contributed by atoms with Crippen molar-refractivity contribution in [2.24, 2.45) is 5.92 Å². The first kappa shape index (κ1) is 6.16. The molecule has 2 fully saturated rings. The molecule has 2 saturated heterocycles. The Morgan fingerprint density at radius 2 is 2.40 bits per heavy atom. The van der Waals surface area contributed by atoms with E-state index in [0.29, 0.717) is 6.04 Å². The van der Waals surface area contributed by atoms with Crippen molar-refractivity contribution in [1.82, 2.24) is 10.6 Å². The van der Waals surface area contributed by atoms with E-state index in [1.54, 1.807) is 0 Å². The number of amides is 1. The lowest BCUT2D eigenvalue weighted by molar-refractivity contribution is -0.126. The highest BCUT2D eigenvalue weighted by molar-refractivity contribution is 5.80. The van der Waals surface area contributed by atoms with Gasteiger partial charge in [0.1, 0.15) is 0 Å². The maximum atomic E-state index is 11.1. The lowest BCUT2D eigenvalue weighted by atomic mass is 9.94. The van der Waals surface area contributed by atoms with Crippen LogP contribution in [0.15, 0.2) is 0 Å². The van der Waals surface area contributed by atoms with Gasteiger partial charge in [-0.05, 0) is 12.8 Å². The number of nitrogens with zero attached hydrogens (tertiary/aromatic N) is 1. The number of carbonyl (C=O) groups excluding carboxylic acids is 1. The molecule has 0 aromatic carbocycles. The number of piperidine rings is 1. The molecular formula is C7H11N2O. The lowest BCUT2D eigenvalue weighted by Crippen LogP contribution is -2.44. The van der Waals surface area contributed by atoms with Gasteiger partial charge in [0, 0.05) is 19.1 Å². The number of hydrogen-bond acceptors (Lipinski definition) is 1. The quantitative estimate of drug-likeness (QED) is 0.483. The summed E-state index contributed by atoms with van der Waals surface area (Å²) in [6.45, 7) is 1.71. The second kappa shape index (κ2) is 2.23. The van der Waals surface area contributed by atoms with Crippen molar-refractivity contribution in [2.45, 2.75) is 18.9 Å². The molecule has 0 bridgehead atoms. The van der Waals surface area contributed by atoms with E-state index < -0.39 is 0 Å². The third-order valence-corrected chi connectivity index (χ3v) is 2.34. The fourth-order valence-electron chi connectivity index (χ4n) is 1.77. The first-order chi connectivity index (χ1) is 4.88. The molecule has 1 radical (unpaired) electrons. The summed E-state index contributed by atoms with van der Waals surface area (Å²) in [6, 6.07) is 0.355. The molecule has 0 saturated carbocycles. The maximum absolute atomic E-state index is 11.1. The number of hydrogen-bond donors (Lipinski definition) is 1. The van der Waals surface area contributed by atoms with Gasteiger partial charge in [-0.1, -0.05) is 0 Å². The van der Waals surface area contributed by atoms with Gasteiger partial charge in [-0.15, -0.1) is 0 Å². The molecule has 1 amide bonds. The van der Waals surface area contributed by atoms with Crippen LogP contribution in [0.3, 0.4) is 0 Å². The van der Waals surface area contributed by atoms with E-state index in [0.717, 1.165) is 25.9 Å². The molecular weight excluding hydrogens is 128 g/mol. The van der Waals surface area contributed by atoms with Crippen LogP contribution in [0.2, 0.25) is 0 Å². The molecule has 0 aromatic heterocycles. The molecule has 2 unspecified atom stereocenters. The Bertz CT molecular complexity index is 158. The zero-order valence-electron chi connectivity index (χ0n) is 5.84. The summed E-state index contributed by atoms with van der Waals surface area (Å²) in [5, 5.41) is 7.20. The Morgan fingerprint density at radius 1 is 1.50 bits per heavy atom. The van der Waals surface area contributed by atoms with Crippen molar-refractivity contribution in [2.75, 3.05) is 13.1 Å². The summed E-state index contributed by atoms with van der Waals surface area (Å²) in [6.07, 6.45) is 2.02. The monoisotopic (exact) mass is 139 g/mol. The summed E-state index contributed by atoms with van der Waals surface area (Å²) < 4.78 is 0. The normalized spacial score (nSPS) is 39.0. The van der Waals surface area contributed by atoms with Crippen LogP contribution in [0.1, 0.15) is 12.8 Å². The molecule has 2 aliphatic rings. The topological polar surface area (TPSA) is 43.2 Å². The first-order valence-corrected chi connectivity index (χ1v) is 3.82. The van der Waals surface area contributed by atoms with E-state index in [9.17, 15) is 4.79 Å². The number of rotatable bonds is 0. The summed E-state index contributed by atoms with van der Waals surface area (Å²) in [4.78, 5) is 11.1. The number of carbonyl (C=O) groups is 1. The largest absolute Gasteiger partial charge is 0.356 e. The van der Waals surface area contributed by atoms with Crippen LogP contribution in [-0.2, 0) is 4.79 Å². The Balaban J connectivity index is 2.10.